The van der Waals surface area contributed by atoms with Crippen molar-refractivity contribution in [3.05, 3.63) is 65.2 Å². The number of carbonyl (C=O) groups excluding carboxylic acids is 1. The van der Waals surface area contributed by atoms with Crippen LogP contribution in [0.1, 0.15) is 23.1 Å². The second-order valence-electron chi connectivity index (χ2n) is 5.55. The van der Waals surface area contributed by atoms with Gasteiger partial charge in [-0.3, -0.25) is 0 Å². The third-order valence-electron chi connectivity index (χ3n) is 3.66. The van der Waals surface area contributed by atoms with Crippen LogP contribution in [0.15, 0.2) is 48.5 Å². The summed E-state index contributed by atoms with van der Waals surface area (Å²) >= 11 is 0. The van der Waals surface area contributed by atoms with E-state index in [0.29, 0.717) is 13.1 Å². The smallest absolute Gasteiger partial charge is 0.315 e. The van der Waals surface area contributed by atoms with Crippen molar-refractivity contribution in [3.63, 3.8) is 0 Å². The Morgan fingerprint density at radius 3 is 2.26 bits per heavy atom. The minimum absolute atomic E-state index is 0.125. The Balaban J connectivity index is 1.61. The molecule has 0 atom stereocenters. The Morgan fingerprint density at radius 2 is 1.61 bits per heavy atom. The van der Waals surface area contributed by atoms with E-state index >= 15 is 0 Å². The normalized spacial score (nSPS) is 10.2. The van der Waals surface area contributed by atoms with Crippen molar-refractivity contribution in [2.45, 2.75) is 26.3 Å². The Bertz CT molecular complexity index is 606. The molecule has 0 radical (unpaired) electrons. The number of carbonyl (C=O) groups is 1. The first kappa shape index (κ1) is 16.9. The number of methoxy groups -OCH3 is 1. The average molecular weight is 312 g/mol. The van der Waals surface area contributed by atoms with E-state index in [-0.39, 0.29) is 6.03 Å². The van der Waals surface area contributed by atoms with Crippen LogP contribution in [0.3, 0.4) is 0 Å². The van der Waals surface area contributed by atoms with E-state index in [4.69, 9.17) is 4.74 Å². The number of hydrogen-bond acceptors (Lipinski definition) is 2. The van der Waals surface area contributed by atoms with Crippen molar-refractivity contribution in [1.82, 2.24) is 10.6 Å². The highest BCUT2D eigenvalue weighted by Crippen LogP contribution is 2.12. The highest BCUT2D eigenvalue weighted by atomic mass is 16.5. The van der Waals surface area contributed by atoms with Crippen LogP contribution >= 0.6 is 0 Å². The maximum atomic E-state index is 11.7. The molecule has 0 aliphatic carbocycles. The van der Waals surface area contributed by atoms with Gasteiger partial charge in [-0.05, 0) is 43.0 Å². The van der Waals surface area contributed by atoms with Crippen LogP contribution in [0.4, 0.5) is 4.79 Å². The van der Waals surface area contributed by atoms with Crippen molar-refractivity contribution in [3.8, 4) is 5.75 Å². The van der Waals surface area contributed by atoms with Crippen molar-refractivity contribution in [2.75, 3.05) is 13.7 Å². The van der Waals surface area contributed by atoms with Gasteiger partial charge >= 0.3 is 6.03 Å². The Hall–Kier alpha value is -2.49. The molecule has 2 aromatic carbocycles. The molecule has 2 amide bonds. The molecule has 0 bridgehead atoms. The first-order valence-electron chi connectivity index (χ1n) is 7.87. The molecular formula is C19H24N2O2. The maximum absolute atomic E-state index is 11.7. The van der Waals surface area contributed by atoms with Gasteiger partial charge in [0.05, 0.1) is 7.11 Å². The fourth-order valence-corrected chi connectivity index (χ4v) is 2.24. The molecule has 4 nitrogen and oxygen atoms in total. The Labute approximate surface area is 137 Å². The largest absolute Gasteiger partial charge is 0.497 e. The molecule has 0 saturated heterocycles. The van der Waals surface area contributed by atoms with Gasteiger partial charge in [0.15, 0.2) is 0 Å². The van der Waals surface area contributed by atoms with Crippen molar-refractivity contribution in [2.24, 2.45) is 0 Å². The van der Waals surface area contributed by atoms with Gasteiger partial charge in [-0.25, -0.2) is 4.79 Å². The zero-order valence-electron chi connectivity index (χ0n) is 13.8. The lowest BCUT2D eigenvalue weighted by molar-refractivity contribution is 0.240. The van der Waals surface area contributed by atoms with E-state index in [0.717, 1.165) is 24.2 Å². The summed E-state index contributed by atoms with van der Waals surface area (Å²) in [6.07, 6.45) is 1.84. The van der Waals surface area contributed by atoms with Gasteiger partial charge in [0, 0.05) is 13.1 Å². The van der Waals surface area contributed by atoms with Crippen LogP contribution < -0.4 is 15.4 Å². The van der Waals surface area contributed by atoms with Gasteiger partial charge in [0.25, 0.3) is 0 Å². The molecule has 0 fully saturated rings. The average Bonchev–Trinajstić information content (AvgIpc) is 2.59. The SMILES string of the molecule is COc1ccc(CCCNC(=O)NCc2ccc(C)cc2)cc1. The molecule has 0 aromatic heterocycles. The summed E-state index contributed by atoms with van der Waals surface area (Å²) in [6, 6.07) is 16.0. The minimum atomic E-state index is -0.125. The molecule has 0 aliphatic heterocycles. The summed E-state index contributed by atoms with van der Waals surface area (Å²) in [5.41, 5.74) is 3.56. The van der Waals surface area contributed by atoms with E-state index < -0.39 is 0 Å². The summed E-state index contributed by atoms with van der Waals surface area (Å²) < 4.78 is 5.13. The van der Waals surface area contributed by atoms with Crippen LogP contribution in [0, 0.1) is 6.92 Å². The number of benzene rings is 2. The summed E-state index contributed by atoms with van der Waals surface area (Å²) in [7, 11) is 1.66. The Kier molecular flexibility index (Phi) is 6.48. The van der Waals surface area contributed by atoms with Crippen LogP contribution in [0.25, 0.3) is 0 Å². The summed E-state index contributed by atoms with van der Waals surface area (Å²) in [5.74, 6) is 0.863. The van der Waals surface area contributed by atoms with Crippen LogP contribution in [0.5, 0.6) is 5.75 Å². The number of rotatable bonds is 7. The fourth-order valence-electron chi connectivity index (χ4n) is 2.24. The molecule has 0 saturated carbocycles. The standard InChI is InChI=1S/C19H24N2O2/c1-15-5-7-17(8-6-15)14-21-19(22)20-13-3-4-16-9-11-18(23-2)12-10-16/h5-12H,3-4,13-14H2,1-2H3,(H2,20,21,22). The summed E-state index contributed by atoms with van der Waals surface area (Å²) in [5, 5.41) is 5.75. The van der Waals surface area contributed by atoms with Gasteiger partial charge in [0.2, 0.25) is 0 Å². The molecule has 0 unspecified atom stereocenters. The zero-order chi connectivity index (χ0) is 16.5. The molecule has 23 heavy (non-hydrogen) atoms. The molecule has 2 aromatic rings. The number of aryl methyl sites for hydroxylation is 2. The van der Waals surface area contributed by atoms with Crippen molar-refractivity contribution < 1.29 is 9.53 Å². The van der Waals surface area contributed by atoms with E-state index in [1.54, 1.807) is 7.11 Å². The van der Waals surface area contributed by atoms with Gasteiger partial charge in [0.1, 0.15) is 5.75 Å². The van der Waals surface area contributed by atoms with E-state index in [1.165, 1.54) is 11.1 Å². The molecule has 122 valence electrons. The topological polar surface area (TPSA) is 50.4 Å². The van der Waals surface area contributed by atoms with Crippen LogP contribution in [0.2, 0.25) is 0 Å². The van der Waals surface area contributed by atoms with Gasteiger partial charge in [-0.1, -0.05) is 42.0 Å². The third-order valence-corrected chi connectivity index (χ3v) is 3.66. The first-order chi connectivity index (χ1) is 11.2. The van der Waals surface area contributed by atoms with Crippen molar-refractivity contribution in [1.29, 1.82) is 0 Å². The first-order valence-corrected chi connectivity index (χ1v) is 7.87. The number of urea groups is 1. The maximum Gasteiger partial charge on any atom is 0.315 e. The van der Waals surface area contributed by atoms with E-state index in [1.807, 2.05) is 43.3 Å². The van der Waals surface area contributed by atoms with E-state index in [9.17, 15) is 4.79 Å². The highest BCUT2D eigenvalue weighted by molar-refractivity contribution is 5.73. The monoisotopic (exact) mass is 312 g/mol. The third kappa shape index (κ3) is 6.02. The Morgan fingerprint density at radius 1 is 0.957 bits per heavy atom. The quantitative estimate of drug-likeness (QED) is 0.770. The van der Waals surface area contributed by atoms with Crippen LogP contribution in [-0.2, 0) is 13.0 Å². The minimum Gasteiger partial charge on any atom is -0.497 e. The molecule has 2 rings (SSSR count). The lowest BCUT2D eigenvalue weighted by atomic mass is 10.1. The molecule has 4 heteroatoms. The summed E-state index contributed by atoms with van der Waals surface area (Å²) in [6.45, 7) is 3.25. The van der Waals surface area contributed by atoms with Gasteiger partial charge in [-0.2, -0.15) is 0 Å². The second kappa shape index (κ2) is 8.83. The van der Waals surface area contributed by atoms with Crippen molar-refractivity contribution >= 4 is 6.03 Å². The van der Waals surface area contributed by atoms with Crippen LogP contribution in [-0.4, -0.2) is 19.7 Å². The lowest BCUT2D eigenvalue weighted by Crippen LogP contribution is -2.35. The highest BCUT2D eigenvalue weighted by Gasteiger charge is 2.00. The lowest BCUT2D eigenvalue weighted by Gasteiger charge is -2.08. The van der Waals surface area contributed by atoms with Gasteiger partial charge in [-0.15, -0.1) is 0 Å². The number of ether oxygens (including phenoxy) is 1. The van der Waals surface area contributed by atoms with Gasteiger partial charge < -0.3 is 15.4 Å². The second-order valence-corrected chi connectivity index (χ2v) is 5.55. The molecular weight excluding hydrogens is 288 g/mol. The number of hydrogen-bond donors (Lipinski definition) is 2. The predicted molar refractivity (Wildman–Crippen MR) is 92.7 cm³/mol. The molecule has 0 heterocycles. The fraction of sp³-hybridized carbons (Fsp3) is 0.316. The predicted octanol–water partition coefficient (Wildman–Crippen LogP) is 3.44. The molecule has 0 aliphatic rings. The van der Waals surface area contributed by atoms with E-state index in [2.05, 4.69) is 22.8 Å². The molecule has 0 spiro atoms. The zero-order valence-corrected chi connectivity index (χ0v) is 13.8. The number of amides is 2. The summed E-state index contributed by atoms with van der Waals surface area (Å²) in [4.78, 5) is 11.7. The molecule has 2 N–H and O–H groups in total. The number of nitrogens with one attached hydrogen (secondary N) is 2.